The van der Waals surface area contributed by atoms with Gasteiger partial charge in [-0.05, 0) is 24.8 Å². The van der Waals surface area contributed by atoms with E-state index >= 15 is 0 Å². The minimum atomic E-state index is 0.704. The molecular formula is C11H11N5S2. The number of nitrogens with zero attached hydrogens (tertiary/aromatic N) is 4. The lowest BCUT2D eigenvalue weighted by Gasteiger charge is -1.96. The van der Waals surface area contributed by atoms with Crippen LogP contribution in [0.25, 0.3) is 10.2 Å². The van der Waals surface area contributed by atoms with Gasteiger partial charge >= 0.3 is 0 Å². The summed E-state index contributed by atoms with van der Waals surface area (Å²) in [5.74, 6) is 0.893. The second-order valence-corrected chi connectivity index (χ2v) is 5.97. The average Bonchev–Trinajstić information content (AvgIpc) is 2.95. The third-order valence-electron chi connectivity index (χ3n) is 2.45. The van der Waals surface area contributed by atoms with Crippen LogP contribution in [0.4, 0.5) is 0 Å². The van der Waals surface area contributed by atoms with Crippen molar-refractivity contribution in [1.82, 2.24) is 25.1 Å². The smallest absolute Gasteiger partial charge is 0.214 e. The molecule has 18 heavy (non-hydrogen) atoms. The van der Waals surface area contributed by atoms with Crippen LogP contribution < -0.4 is 0 Å². The number of aryl methyl sites for hydroxylation is 2. The van der Waals surface area contributed by atoms with Crippen molar-refractivity contribution in [3.63, 3.8) is 0 Å². The summed E-state index contributed by atoms with van der Waals surface area (Å²) in [6.45, 7) is 4.11. The standard InChI is InChI=1S/C11H11N5S2/c1-3-8-14-11(16-15-8)18-10-7-4-6(2)17-9(7)12-5-13-10/h4-5H,3H2,1-2H3,(H,14,15,16). The topological polar surface area (TPSA) is 67.3 Å². The van der Waals surface area contributed by atoms with E-state index in [0.717, 1.165) is 27.5 Å². The monoisotopic (exact) mass is 277 g/mol. The fourth-order valence-corrected chi connectivity index (χ4v) is 3.30. The van der Waals surface area contributed by atoms with Crippen molar-refractivity contribution in [3.8, 4) is 0 Å². The van der Waals surface area contributed by atoms with E-state index in [1.165, 1.54) is 16.6 Å². The van der Waals surface area contributed by atoms with Gasteiger partial charge in [-0.3, -0.25) is 5.10 Å². The molecule has 3 aromatic heterocycles. The number of fused-ring (bicyclic) bond motifs is 1. The summed E-state index contributed by atoms with van der Waals surface area (Å²) < 4.78 is 0. The van der Waals surface area contributed by atoms with E-state index in [1.54, 1.807) is 17.7 Å². The van der Waals surface area contributed by atoms with Gasteiger partial charge in [0.1, 0.15) is 22.0 Å². The van der Waals surface area contributed by atoms with Gasteiger partial charge < -0.3 is 0 Å². The summed E-state index contributed by atoms with van der Waals surface area (Å²) in [6.07, 6.45) is 2.44. The van der Waals surface area contributed by atoms with Gasteiger partial charge in [0, 0.05) is 16.7 Å². The Hall–Kier alpha value is -1.47. The van der Waals surface area contributed by atoms with Crippen LogP contribution >= 0.6 is 23.1 Å². The van der Waals surface area contributed by atoms with Crippen molar-refractivity contribution < 1.29 is 0 Å². The fourth-order valence-electron chi connectivity index (χ4n) is 1.60. The first-order valence-corrected chi connectivity index (χ1v) is 7.20. The van der Waals surface area contributed by atoms with Gasteiger partial charge in [0.25, 0.3) is 0 Å². The summed E-state index contributed by atoms with van der Waals surface area (Å²) in [5.41, 5.74) is 0. The lowest BCUT2D eigenvalue weighted by molar-refractivity contribution is 0.940. The van der Waals surface area contributed by atoms with Gasteiger partial charge in [-0.1, -0.05) is 6.92 Å². The Bertz CT molecular complexity index is 688. The van der Waals surface area contributed by atoms with Gasteiger partial charge in [-0.25, -0.2) is 15.0 Å². The normalized spacial score (nSPS) is 11.2. The first-order chi connectivity index (χ1) is 8.76. The lowest BCUT2D eigenvalue weighted by Crippen LogP contribution is -1.84. The minimum Gasteiger partial charge on any atom is -0.262 e. The van der Waals surface area contributed by atoms with E-state index < -0.39 is 0 Å². The molecule has 3 heterocycles. The SMILES string of the molecule is CCc1nc(Sc2ncnc3sc(C)cc23)n[nH]1. The number of aromatic nitrogens is 5. The van der Waals surface area contributed by atoms with E-state index in [1.807, 2.05) is 6.92 Å². The van der Waals surface area contributed by atoms with E-state index in [0.29, 0.717) is 5.16 Å². The number of hydrogen-bond acceptors (Lipinski definition) is 6. The molecule has 5 nitrogen and oxygen atoms in total. The Morgan fingerprint density at radius 2 is 2.28 bits per heavy atom. The van der Waals surface area contributed by atoms with Crippen LogP contribution in [0.3, 0.4) is 0 Å². The van der Waals surface area contributed by atoms with Crippen LogP contribution in [0.5, 0.6) is 0 Å². The Morgan fingerprint density at radius 1 is 1.39 bits per heavy atom. The van der Waals surface area contributed by atoms with E-state index in [2.05, 4.69) is 38.1 Å². The zero-order valence-electron chi connectivity index (χ0n) is 9.97. The second-order valence-electron chi connectivity index (χ2n) is 3.77. The lowest BCUT2D eigenvalue weighted by atomic mass is 10.4. The van der Waals surface area contributed by atoms with Crippen LogP contribution in [0.2, 0.25) is 0 Å². The van der Waals surface area contributed by atoms with Gasteiger partial charge in [-0.2, -0.15) is 0 Å². The maximum Gasteiger partial charge on any atom is 0.214 e. The van der Waals surface area contributed by atoms with Crippen molar-refractivity contribution in [3.05, 3.63) is 23.1 Å². The molecule has 3 aromatic rings. The zero-order valence-corrected chi connectivity index (χ0v) is 11.6. The third kappa shape index (κ3) is 2.11. The van der Waals surface area contributed by atoms with Gasteiger partial charge in [0.2, 0.25) is 5.16 Å². The predicted molar refractivity (Wildman–Crippen MR) is 72.0 cm³/mol. The Kier molecular flexibility index (Phi) is 3.00. The van der Waals surface area contributed by atoms with Crippen molar-refractivity contribution in [2.75, 3.05) is 0 Å². The average molecular weight is 277 g/mol. The largest absolute Gasteiger partial charge is 0.262 e. The molecule has 0 aromatic carbocycles. The molecular weight excluding hydrogens is 266 g/mol. The molecule has 0 fully saturated rings. The summed E-state index contributed by atoms with van der Waals surface area (Å²) in [5, 5.41) is 9.76. The van der Waals surface area contributed by atoms with Crippen LogP contribution in [0, 0.1) is 6.92 Å². The summed E-state index contributed by atoms with van der Waals surface area (Å²) in [6, 6.07) is 2.11. The molecule has 0 spiro atoms. The molecule has 0 atom stereocenters. The number of aromatic amines is 1. The molecule has 92 valence electrons. The molecule has 0 aliphatic carbocycles. The quantitative estimate of drug-likeness (QED) is 0.746. The molecule has 0 aliphatic rings. The van der Waals surface area contributed by atoms with E-state index in [9.17, 15) is 0 Å². The maximum atomic E-state index is 4.38. The highest BCUT2D eigenvalue weighted by Crippen LogP contribution is 2.32. The number of thiophene rings is 1. The molecule has 0 saturated heterocycles. The highest BCUT2D eigenvalue weighted by atomic mass is 32.2. The predicted octanol–water partition coefficient (Wildman–Crippen LogP) is 2.83. The minimum absolute atomic E-state index is 0.704. The summed E-state index contributed by atoms with van der Waals surface area (Å²) in [7, 11) is 0. The van der Waals surface area contributed by atoms with Gasteiger partial charge in [0.05, 0.1) is 0 Å². The van der Waals surface area contributed by atoms with Crippen molar-refractivity contribution in [2.24, 2.45) is 0 Å². The number of rotatable bonds is 3. The summed E-state index contributed by atoms with van der Waals surface area (Å²) >= 11 is 3.14. The second kappa shape index (κ2) is 4.66. The summed E-state index contributed by atoms with van der Waals surface area (Å²) in [4.78, 5) is 15.2. The van der Waals surface area contributed by atoms with Crippen LogP contribution in [-0.2, 0) is 6.42 Å². The fraction of sp³-hybridized carbons (Fsp3) is 0.273. The molecule has 0 radical (unpaired) electrons. The molecule has 3 rings (SSSR count). The Balaban J connectivity index is 1.98. The van der Waals surface area contributed by atoms with Gasteiger partial charge in [0.15, 0.2) is 0 Å². The Morgan fingerprint density at radius 3 is 3.06 bits per heavy atom. The first-order valence-electron chi connectivity index (χ1n) is 5.56. The van der Waals surface area contributed by atoms with Crippen molar-refractivity contribution in [1.29, 1.82) is 0 Å². The van der Waals surface area contributed by atoms with Crippen LogP contribution in [0.1, 0.15) is 17.6 Å². The van der Waals surface area contributed by atoms with Crippen molar-refractivity contribution >= 4 is 33.3 Å². The molecule has 7 heteroatoms. The maximum absolute atomic E-state index is 4.38. The van der Waals surface area contributed by atoms with Crippen LogP contribution in [0.15, 0.2) is 22.6 Å². The van der Waals surface area contributed by atoms with Gasteiger partial charge in [-0.15, -0.1) is 16.4 Å². The molecule has 1 N–H and O–H groups in total. The number of nitrogens with one attached hydrogen (secondary N) is 1. The van der Waals surface area contributed by atoms with E-state index in [4.69, 9.17) is 0 Å². The zero-order chi connectivity index (χ0) is 12.5. The number of hydrogen-bond donors (Lipinski definition) is 1. The van der Waals surface area contributed by atoms with Crippen molar-refractivity contribution in [2.45, 2.75) is 30.5 Å². The Labute approximate surface area is 112 Å². The molecule has 0 amide bonds. The molecule has 0 bridgehead atoms. The highest BCUT2D eigenvalue weighted by Gasteiger charge is 2.11. The molecule has 0 aliphatic heterocycles. The third-order valence-corrected chi connectivity index (χ3v) is 4.29. The number of H-pyrrole nitrogens is 1. The molecule has 0 unspecified atom stereocenters. The van der Waals surface area contributed by atoms with Crippen LogP contribution in [-0.4, -0.2) is 25.1 Å². The highest BCUT2D eigenvalue weighted by molar-refractivity contribution is 7.99. The van der Waals surface area contributed by atoms with E-state index in [-0.39, 0.29) is 0 Å². The molecule has 0 saturated carbocycles. The first kappa shape index (κ1) is 11.6.